The molecular formula is C12H21N3. The lowest BCUT2D eigenvalue weighted by molar-refractivity contribution is 0.350. The van der Waals surface area contributed by atoms with Crippen molar-refractivity contribution in [2.24, 2.45) is 5.92 Å². The first-order valence-electron chi connectivity index (χ1n) is 6.02. The maximum absolute atomic E-state index is 3.98. The molecule has 3 heteroatoms. The van der Waals surface area contributed by atoms with Gasteiger partial charge in [0, 0.05) is 18.3 Å². The average molecular weight is 207 g/mol. The van der Waals surface area contributed by atoms with E-state index in [0.29, 0.717) is 12.1 Å². The van der Waals surface area contributed by atoms with E-state index < -0.39 is 0 Å². The van der Waals surface area contributed by atoms with E-state index in [9.17, 15) is 0 Å². The monoisotopic (exact) mass is 207 g/mol. The van der Waals surface area contributed by atoms with Crippen LogP contribution in [0.3, 0.4) is 0 Å². The molecule has 1 saturated carbocycles. The highest BCUT2D eigenvalue weighted by atomic mass is 15.1. The number of hydrogen-bond acceptors (Lipinski definition) is 2. The SMILES string of the molecule is CC(NC(C)C1CCCC1)c1ccn[nH]1. The molecule has 0 saturated heterocycles. The number of H-pyrrole nitrogens is 1. The third-order valence-electron chi connectivity index (χ3n) is 3.61. The van der Waals surface area contributed by atoms with Gasteiger partial charge in [-0.1, -0.05) is 12.8 Å². The van der Waals surface area contributed by atoms with Gasteiger partial charge in [-0.3, -0.25) is 5.10 Å². The summed E-state index contributed by atoms with van der Waals surface area (Å²) >= 11 is 0. The maximum Gasteiger partial charge on any atom is 0.0518 e. The summed E-state index contributed by atoms with van der Waals surface area (Å²) in [5.74, 6) is 0.871. The van der Waals surface area contributed by atoms with Gasteiger partial charge < -0.3 is 5.32 Å². The molecule has 0 spiro atoms. The van der Waals surface area contributed by atoms with Gasteiger partial charge in [0.1, 0.15) is 0 Å². The lowest BCUT2D eigenvalue weighted by Gasteiger charge is -2.24. The molecule has 0 aliphatic heterocycles. The van der Waals surface area contributed by atoms with Gasteiger partial charge in [0.15, 0.2) is 0 Å². The summed E-state index contributed by atoms with van der Waals surface area (Å²) in [4.78, 5) is 0. The predicted octanol–water partition coefficient (Wildman–Crippen LogP) is 2.64. The first kappa shape index (κ1) is 10.7. The lowest BCUT2D eigenvalue weighted by Crippen LogP contribution is -2.34. The summed E-state index contributed by atoms with van der Waals surface area (Å²) in [5, 5.41) is 10.7. The van der Waals surface area contributed by atoms with Gasteiger partial charge in [-0.25, -0.2) is 0 Å². The molecule has 1 aromatic rings. The molecule has 0 aromatic carbocycles. The minimum absolute atomic E-state index is 0.378. The van der Waals surface area contributed by atoms with Gasteiger partial charge >= 0.3 is 0 Å². The molecule has 1 aliphatic carbocycles. The second-order valence-electron chi connectivity index (χ2n) is 4.73. The molecule has 0 radical (unpaired) electrons. The first-order valence-corrected chi connectivity index (χ1v) is 6.02. The Labute approximate surface area is 91.7 Å². The van der Waals surface area contributed by atoms with Gasteiger partial charge in [0.05, 0.1) is 5.69 Å². The average Bonchev–Trinajstić information content (AvgIpc) is 2.91. The number of aromatic amines is 1. The minimum Gasteiger partial charge on any atom is -0.306 e. The van der Waals surface area contributed by atoms with E-state index >= 15 is 0 Å². The van der Waals surface area contributed by atoms with Crippen LogP contribution < -0.4 is 5.32 Å². The van der Waals surface area contributed by atoms with E-state index in [2.05, 4.69) is 29.4 Å². The van der Waals surface area contributed by atoms with E-state index in [1.54, 1.807) is 0 Å². The number of nitrogens with zero attached hydrogens (tertiary/aromatic N) is 1. The van der Waals surface area contributed by atoms with E-state index in [-0.39, 0.29) is 0 Å². The summed E-state index contributed by atoms with van der Waals surface area (Å²) < 4.78 is 0. The Morgan fingerprint density at radius 3 is 2.73 bits per heavy atom. The number of rotatable bonds is 4. The zero-order chi connectivity index (χ0) is 10.7. The fourth-order valence-electron chi connectivity index (χ4n) is 2.59. The summed E-state index contributed by atoms with van der Waals surface area (Å²) in [6, 6.07) is 3.04. The third kappa shape index (κ3) is 2.59. The summed E-state index contributed by atoms with van der Waals surface area (Å²) in [7, 11) is 0. The Kier molecular flexibility index (Phi) is 3.41. The lowest BCUT2D eigenvalue weighted by atomic mass is 9.99. The van der Waals surface area contributed by atoms with Crippen LogP contribution in [0.25, 0.3) is 0 Å². The molecule has 84 valence electrons. The van der Waals surface area contributed by atoms with Crippen LogP contribution in [0.5, 0.6) is 0 Å². The third-order valence-corrected chi connectivity index (χ3v) is 3.61. The van der Waals surface area contributed by atoms with Gasteiger partial charge in [0.2, 0.25) is 0 Å². The quantitative estimate of drug-likeness (QED) is 0.797. The Morgan fingerprint density at radius 2 is 2.13 bits per heavy atom. The first-order chi connectivity index (χ1) is 7.27. The second-order valence-corrected chi connectivity index (χ2v) is 4.73. The second kappa shape index (κ2) is 4.79. The molecule has 0 bridgehead atoms. The fourth-order valence-corrected chi connectivity index (χ4v) is 2.59. The standard InChI is InChI=1S/C12H21N3/c1-9(11-5-3-4-6-11)14-10(2)12-7-8-13-15-12/h7-11,14H,3-6H2,1-2H3,(H,13,15). The molecule has 2 unspecified atom stereocenters. The summed E-state index contributed by atoms with van der Waals surface area (Å²) in [6.07, 6.45) is 7.42. The van der Waals surface area contributed by atoms with Crippen molar-refractivity contribution in [3.63, 3.8) is 0 Å². The van der Waals surface area contributed by atoms with E-state index in [0.717, 1.165) is 5.92 Å². The molecular weight excluding hydrogens is 186 g/mol. The van der Waals surface area contributed by atoms with Crippen LogP contribution in [-0.4, -0.2) is 16.2 Å². The molecule has 1 fully saturated rings. The van der Waals surface area contributed by atoms with Crippen LogP contribution >= 0.6 is 0 Å². The van der Waals surface area contributed by atoms with Crippen molar-refractivity contribution in [3.05, 3.63) is 18.0 Å². The topological polar surface area (TPSA) is 40.7 Å². The highest BCUT2D eigenvalue weighted by Gasteiger charge is 2.22. The van der Waals surface area contributed by atoms with Crippen molar-refractivity contribution in [1.82, 2.24) is 15.5 Å². The van der Waals surface area contributed by atoms with Crippen molar-refractivity contribution < 1.29 is 0 Å². The van der Waals surface area contributed by atoms with Crippen LogP contribution in [0.15, 0.2) is 12.3 Å². The Balaban J connectivity index is 1.85. The number of nitrogens with one attached hydrogen (secondary N) is 2. The highest BCUT2D eigenvalue weighted by Crippen LogP contribution is 2.28. The predicted molar refractivity (Wildman–Crippen MR) is 61.6 cm³/mol. The number of hydrogen-bond donors (Lipinski definition) is 2. The Bertz CT molecular complexity index is 275. The van der Waals surface area contributed by atoms with Gasteiger partial charge in [-0.2, -0.15) is 5.10 Å². The molecule has 2 N–H and O–H groups in total. The smallest absolute Gasteiger partial charge is 0.0518 e. The van der Waals surface area contributed by atoms with Gasteiger partial charge in [-0.05, 0) is 38.7 Å². The molecule has 1 aliphatic rings. The summed E-state index contributed by atoms with van der Waals surface area (Å²) in [6.45, 7) is 4.50. The van der Waals surface area contributed by atoms with Crippen molar-refractivity contribution in [1.29, 1.82) is 0 Å². The van der Waals surface area contributed by atoms with Crippen molar-refractivity contribution >= 4 is 0 Å². The van der Waals surface area contributed by atoms with E-state index in [1.807, 2.05) is 12.3 Å². The highest BCUT2D eigenvalue weighted by molar-refractivity contribution is 5.03. The van der Waals surface area contributed by atoms with Gasteiger partial charge in [-0.15, -0.1) is 0 Å². The van der Waals surface area contributed by atoms with Crippen molar-refractivity contribution in [3.8, 4) is 0 Å². The molecule has 1 heterocycles. The largest absolute Gasteiger partial charge is 0.306 e. The molecule has 2 atom stereocenters. The fraction of sp³-hybridized carbons (Fsp3) is 0.750. The van der Waals surface area contributed by atoms with Crippen molar-refractivity contribution in [2.75, 3.05) is 0 Å². The normalized spacial score (nSPS) is 21.7. The van der Waals surface area contributed by atoms with Crippen LogP contribution in [0.2, 0.25) is 0 Å². The molecule has 0 amide bonds. The van der Waals surface area contributed by atoms with Crippen LogP contribution in [-0.2, 0) is 0 Å². The van der Waals surface area contributed by atoms with Crippen LogP contribution in [0, 0.1) is 5.92 Å². The summed E-state index contributed by atoms with van der Waals surface area (Å²) in [5.41, 5.74) is 1.18. The van der Waals surface area contributed by atoms with E-state index in [1.165, 1.54) is 31.4 Å². The molecule has 2 rings (SSSR count). The van der Waals surface area contributed by atoms with Crippen molar-refractivity contribution in [2.45, 2.75) is 51.6 Å². The zero-order valence-corrected chi connectivity index (χ0v) is 9.66. The zero-order valence-electron chi connectivity index (χ0n) is 9.66. The van der Waals surface area contributed by atoms with Crippen LogP contribution in [0.4, 0.5) is 0 Å². The Morgan fingerprint density at radius 1 is 1.40 bits per heavy atom. The Hall–Kier alpha value is -0.830. The number of aromatic nitrogens is 2. The molecule has 15 heavy (non-hydrogen) atoms. The minimum atomic E-state index is 0.378. The maximum atomic E-state index is 3.98. The molecule has 3 nitrogen and oxygen atoms in total. The van der Waals surface area contributed by atoms with E-state index in [4.69, 9.17) is 0 Å². The van der Waals surface area contributed by atoms with Crippen LogP contribution in [0.1, 0.15) is 51.3 Å². The van der Waals surface area contributed by atoms with Gasteiger partial charge in [0.25, 0.3) is 0 Å². The molecule has 1 aromatic heterocycles.